The third-order valence-electron chi connectivity index (χ3n) is 0.803. The molecule has 0 aliphatic heterocycles. The van der Waals surface area contributed by atoms with Gasteiger partial charge < -0.3 is 5.32 Å². The molecule has 0 radical (unpaired) electrons. The maximum Gasteiger partial charge on any atom is 0.00103 e. The molecule has 0 saturated carbocycles. The molecule has 0 aliphatic carbocycles. The van der Waals surface area contributed by atoms with Crippen LogP contribution in [0.4, 0.5) is 0 Å². The van der Waals surface area contributed by atoms with Gasteiger partial charge in [-0.15, -0.1) is 0 Å². The van der Waals surface area contributed by atoms with Gasteiger partial charge in [-0.1, -0.05) is 41.0 Å². The molecule has 0 amide bonds. The third-order valence-corrected chi connectivity index (χ3v) is 0.803. The monoisotopic (exact) mass is 145 g/mol. The van der Waals surface area contributed by atoms with E-state index < -0.39 is 0 Å². The molecule has 0 aromatic carbocycles. The lowest BCUT2D eigenvalue weighted by molar-refractivity contribution is 0.584. The number of hydrogen-bond donors (Lipinski definition) is 1. The Morgan fingerprint density at radius 1 is 1.10 bits per heavy atom. The molecule has 0 aliphatic rings. The maximum atomic E-state index is 3.30. The van der Waals surface area contributed by atoms with E-state index in [4.69, 9.17) is 0 Å². The van der Waals surface area contributed by atoms with Crippen molar-refractivity contribution in [2.75, 3.05) is 6.54 Å². The van der Waals surface area contributed by atoms with Crippen LogP contribution in [-0.4, -0.2) is 12.6 Å². The summed E-state index contributed by atoms with van der Waals surface area (Å²) < 4.78 is 0. The molecule has 0 aromatic rings. The summed E-state index contributed by atoms with van der Waals surface area (Å²) in [7, 11) is 0. The van der Waals surface area contributed by atoms with Crippen molar-refractivity contribution >= 4 is 0 Å². The molecular formula is C9H23N. The van der Waals surface area contributed by atoms with Crippen LogP contribution in [0.2, 0.25) is 0 Å². The lowest BCUT2D eigenvalue weighted by Gasteiger charge is -2.03. The predicted molar refractivity (Wildman–Crippen MR) is 49.4 cm³/mol. The summed E-state index contributed by atoms with van der Waals surface area (Å²) in [6.07, 6.45) is 2.48. The second kappa shape index (κ2) is 11.7. The minimum atomic E-state index is 0.653. The van der Waals surface area contributed by atoms with Crippen molar-refractivity contribution in [2.45, 2.75) is 53.5 Å². The van der Waals surface area contributed by atoms with Gasteiger partial charge in [0.25, 0.3) is 0 Å². The first-order valence-corrected chi connectivity index (χ1v) is 4.42. The summed E-state index contributed by atoms with van der Waals surface area (Å²) in [6, 6.07) is 0.653. The average molecular weight is 145 g/mol. The first-order valence-electron chi connectivity index (χ1n) is 4.42. The van der Waals surface area contributed by atoms with Crippen LogP contribution >= 0.6 is 0 Å². The van der Waals surface area contributed by atoms with Crippen LogP contribution in [-0.2, 0) is 0 Å². The Kier molecular flexibility index (Phi) is 14.8. The summed E-state index contributed by atoms with van der Waals surface area (Å²) in [5.74, 6) is 0. The van der Waals surface area contributed by atoms with E-state index in [1.165, 1.54) is 12.8 Å². The molecule has 1 nitrogen and oxygen atoms in total. The molecule has 1 heteroatoms. The average Bonchev–Trinajstić information content (AvgIpc) is 1.85. The SMILES string of the molecule is CCC.CCCNC(C)C. The van der Waals surface area contributed by atoms with Gasteiger partial charge in [0.1, 0.15) is 0 Å². The Morgan fingerprint density at radius 3 is 1.60 bits per heavy atom. The largest absolute Gasteiger partial charge is 0.315 e. The summed E-state index contributed by atoms with van der Waals surface area (Å²) in [5.41, 5.74) is 0. The van der Waals surface area contributed by atoms with Crippen molar-refractivity contribution in [1.82, 2.24) is 5.32 Å². The summed E-state index contributed by atoms with van der Waals surface area (Å²) >= 11 is 0. The molecule has 0 atom stereocenters. The van der Waals surface area contributed by atoms with Crippen LogP contribution in [0.3, 0.4) is 0 Å². The minimum absolute atomic E-state index is 0.653. The zero-order valence-electron chi connectivity index (χ0n) is 8.20. The summed E-state index contributed by atoms with van der Waals surface area (Å²) in [5, 5.41) is 3.30. The van der Waals surface area contributed by atoms with Crippen molar-refractivity contribution < 1.29 is 0 Å². The highest BCUT2D eigenvalue weighted by Crippen LogP contribution is 1.76. The Morgan fingerprint density at radius 2 is 1.50 bits per heavy atom. The van der Waals surface area contributed by atoms with E-state index in [1.54, 1.807) is 0 Å². The third kappa shape index (κ3) is 24.6. The zero-order chi connectivity index (χ0) is 8.41. The van der Waals surface area contributed by atoms with Crippen molar-refractivity contribution in [3.8, 4) is 0 Å². The number of rotatable bonds is 3. The molecule has 0 rings (SSSR count). The van der Waals surface area contributed by atoms with Gasteiger partial charge in [-0.25, -0.2) is 0 Å². The molecule has 0 heterocycles. The second-order valence-corrected chi connectivity index (χ2v) is 2.82. The second-order valence-electron chi connectivity index (χ2n) is 2.82. The lowest BCUT2D eigenvalue weighted by Crippen LogP contribution is -2.22. The van der Waals surface area contributed by atoms with Gasteiger partial charge >= 0.3 is 0 Å². The van der Waals surface area contributed by atoms with E-state index in [-0.39, 0.29) is 0 Å². The van der Waals surface area contributed by atoms with E-state index in [9.17, 15) is 0 Å². The zero-order valence-corrected chi connectivity index (χ0v) is 8.20. The Bertz CT molecular complexity index is 42.0. The van der Waals surface area contributed by atoms with Gasteiger partial charge in [0.2, 0.25) is 0 Å². The Labute approximate surface area is 66.2 Å². The van der Waals surface area contributed by atoms with Gasteiger partial charge in [-0.2, -0.15) is 0 Å². The van der Waals surface area contributed by atoms with Gasteiger partial charge in [0, 0.05) is 6.04 Å². The van der Waals surface area contributed by atoms with Crippen molar-refractivity contribution in [3.05, 3.63) is 0 Å². The Balaban J connectivity index is 0. The molecule has 0 bridgehead atoms. The summed E-state index contributed by atoms with van der Waals surface area (Å²) in [6.45, 7) is 11.9. The van der Waals surface area contributed by atoms with Crippen LogP contribution in [0.15, 0.2) is 0 Å². The standard InChI is InChI=1S/C6H15N.C3H8/c1-4-5-7-6(2)3;1-3-2/h6-7H,4-5H2,1-3H3;3H2,1-2H3. The molecule has 0 saturated heterocycles. The molecular weight excluding hydrogens is 122 g/mol. The van der Waals surface area contributed by atoms with Crippen molar-refractivity contribution in [2.24, 2.45) is 0 Å². The molecule has 1 N–H and O–H groups in total. The smallest absolute Gasteiger partial charge is 0.00103 e. The van der Waals surface area contributed by atoms with Crippen LogP contribution in [0, 0.1) is 0 Å². The van der Waals surface area contributed by atoms with Crippen LogP contribution in [0.25, 0.3) is 0 Å². The summed E-state index contributed by atoms with van der Waals surface area (Å²) in [4.78, 5) is 0. The highest BCUT2D eigenvalue weighted by atomic mass is 14.9. The predicted octanol–water partition coefficient (Wildman–Crippen LogP) is 2.81. The van der Waals surface area contributed by atoms with E-state index >= 15 is 0 Å². The molecule has 0 spiro atoms. The fourth-order valence-corrected chi connectivity index (χ4v) is 0.433. The molecule has 0 fully saturated rings. The first kappa shape index (κ1) is 12.6. The van der Waals surface area contributed by atoms with Gasteiger partial charge in [0.15, 0.2) is 0 Å². The first-order chi connectivity index (χ1) is 4.68. The van der Waals surface area contributed by atoms with Gasteiger partial charge in [-0.05, 0) is 13.0 Å². The maximum absolute atomic E-state index is 3.30. The number of hydrogen-bond acceptors (Lipinski definition) is 1. The van der Waals surface area contributed by atoms with Gasteiger partial charge in [-0.3, -0.25) is 0 Å². The van der Waals surface area contributed by atoms with Crippen molar-refractivity contribution in [1.29, 1.82) is 0 Å². The van der Waals surface area contributed by atoms with Crippen LogP contribution < -0.4 is 5.32 Å². The minimum Gasteiger partial charge on any atom is -0.315 e. The van der Waals surface area contributed by atoms with Crippen LogP contribution in [0.1, 0.15) is 47.5 Å². The fraction of sp³-hybridized carbons (Fsp3) is 1.00. The van der Waals surface area contributed by atoms with E-state index in [1.807, 2.05) is 0 Å². The quantitative estimate of drug-likeness (QED) is 0.644. The van der Waals surface area contributed by atoms with Crippen molar-refractivity contribution in [3.63, 3.8) is 0 Å². The van der Waals surface area contributed by atoms with E-state index in [0.717, 1.165) is 6.54 Å². The fourth-order valence-electron chi connectivity index (χ4n) is 0.433. The highest BCUT2D eigenvalue weighted by Gasteiger charge is 1.85. The normalized spacial score (nSPS) is 9.00. The van der Waals surface area contributed by atoms with Gasteiger partial charge in [0.05, 0.1) is 0 Å². The Hall–Kier alpha value is -0.0400. The molecule has 64 valence electrons. The number of nitrogens with one attached hydrogen (secondary N) is 1. The molecule has 10 heavy (non-hydrogen) atoms. The molecule has 0 unspecified atom stereocenters. The van der Waals surface area contributed by atoms with E-state index in [0.29, 0.717) is 6.04 Å². The van der Waals surface area contributed by atoms with Crippen LogP contribution in [0.5, 0.6) is 0 Å². The van der Waals surface area contributed by atoms with E-state index in [2.05, 4.69) is 39.9 Å². The lowest BCUT2D eigenvalue weighted by atomic mass is 10.4. The topological polar surface area (TPSA) is 12.0 Å². The highest BCUT2D eigenvalue weighted by molar-refractivity contribution is 4.48. The molecule has 0 aromatic heterocycles.